The summed E-state index contributed by atoms with van der Waals surface area (Å²) in [6.07, 6.45) is 1.41. The van der Waals surface area contributed by atoms with Crippen molar-refractivity contribution < 1.29 is 14.6 Å². The largest absolute Gasteiger partial charge is 0.396 e. The Morgan fingerprint density at radius 1 is 1.47 bits per heavy atom. The van der Waals surface area contributed by atoms with E-state index < -0.39 is 0 Å². The van der Waals surface area contributed by atoms with E-state index in [2.05, 4.69) is 10.6 Å². The third kappa shape index (κ3) is 8.20. The summed E-state index contributed by atoms with van der Waals surface area (Å²) < 4.78 is 5.08. The number of amides is 2. The zero-order valence-corrected chi connectivity index (χ0v) is 9.58. The lowest BCUT2D eigenvalue weighted by Gasteiger charge is -2.16. The van der Waals surface area contributed by atoms with Crippen LogP contribution in [0.5, 0.6) is 0 Å². The van der Waals surface area contributed by atoms with Crippen LogP contribution in [0, 0.1) is 0 Å². The Hall–Kier alpha value is -0.810. The number of hydrogen-bond donors (Lipinski definition) is 3. The van der Waals surface area contributed by atoms with Crippen LogP contribution in [0.25, 0.3) is 0 Å². The molecule has 3 N–H and O–H groups in total. The first-order valence-electron chi connectivity index (χ1n) is 5.47. The van der Waals surface area contributed by atoms with Crippen molar-refractivity contribution in [1.29, 1.82) is 0 Å². The molecule has 1 unspecified atom stereocenters. The van der Waals surface area contributed by atoms with Crippen LogP contribution >= 0.6 is 0 Å². The van der Waals surface area contributed by atoms with Gasteiger partial charge in [-0.05, 0) is 19.8 Å². The molecule has 0 aliphatic heterocycles. The van der Waals surface area contributed by atoms with Crippen molar-refractivity contribution in [3.63, 3.8) is 0 Å². The Labute approximate surface area is 91.2 Å². The first-order valence-corrected chi connectivity index (χ1v) is 5.47. The highest BCUT2D eigenvalue weighted by atomic mass is 16.5. The van der Waals surface area contributed by atoms with Crippen molar-refractivity contribution in [2.24, 2.45) is 0 Å². The number of urea groups is 1. The molecule has 0 aliphatic rings. The molecule has 0 heterocycles. The number of aliphatic hydroxyl groups excluding tert-OH is 1. The van der Waals surface area contributed by atoms with Gasteiger partial charge in [-0.2, -0.15) is 0 Å². The van der Waals surface area contributed by atoms with Crippen LogP contribution in [0.1, 0.15) is 26.7 Å². The van der Waals surface area contributed by atoms with E-state index in [4.69, 9.17) is 9.84 Å². The summed E-state index contributed by atoms with van der Waals surface area (Å²) in [5.74, 6) is 0. The molecule has 0 saturated carbocycles. The maximum Gasteiger partial charge on any atom is 0.315 e. The summed E-state index contributed by atoms with van der Waals surface area (Å²) >= 11 is 0. The topological polar surface area (TPSA) is 70.6 Å². The molecule has 0 saturated heterocycles. The first kappa shape index (κ1) is 14.2. The summed E-state index contributed by atoms with van der Waals surface area (Å²) in [5, 5.41) is 14.2. The molecule has 0 aromatic carbocycles. The highest BCUT2D eigenvalue weighted by molar-refractivity contribution is 5.74. The van der Waals surface area contributed by atoms with Gasteiger partial charge in [0.05, 0.1) is 6.61 Å². The molecule has 0 fully saturated rings. The third-order valence-electron chi connectivity index (χ3n) is 2.04. The number of carbonyl (C=O) groups is 1. The minimum atomic E-state index is -0.199. The van der Waals surface area contributed by atoms with Crippen LogP contribution in [-0.4, -0.2) is 43.5 Å². The van der Waals surface area contributed by atoms with Crippen LogP contribution < -0.4 is 10.6 Å². The summed E-state index contributed by atoms with van der Waals surface area (Å²) in [4.78, 5) is 11.3. The quantitative estimate of drug-likeness (QED) is 0.519. The molecule has 0 bridgehead atoms. The standard InChI is InChI=1S/C10H22N2O3/c1-3-9(5-7-13)12-10(14)11-6-8-15-4-2/h9,13H,3-8H2,1-2H3,(H2,11,12,14). The van der Waals surface area contributed by atoms with E-state index in [0.29, 0.717) is 26.2 Å². The van der Waals surface area contributed by atoms with Crippen molar-refractivity contribution in [1.82, 2.24) is 10.6 Å². The predicted octanol–water partition coefficient (Wildman–Crippen LogP) is 0.483. The normalized spacial score (nSPS) is 12.2. The number of nitrogens with one attached hydrogen (secondary N) is 2. The molecular formula is C10H22N2O3. The van der Waals surface area contributed by atoms with Gasteiger partial charge in [-0.25, -0.2) is 4.79 Å². The maximum absolute atomic E-state index is 11.3. The maximum atomic E-state index is 11.3. The van der Waals surface area contributed by atoms with Gasteiger partial charge < -0.3 is 20.5 Å². The Morgan fingerprint density at radius 2 is 2.20 bits per heavy atom. The molecule has 5 heteroatoms. The Balaban J connectivity index is 3.52. The molecule has 1 atom stereocenters. The Morgan fingerprint density at radius 3 is 2.73 bits per heavy atom. The molecule has 0 spiro atoms. The predicted molar refractivity (Wildman–Crippen MR) is 58.8 cm³/mol. The van der Waals surface area contributed by atoms with Crippen molar-refractivity contribution in [2.75, 3.05) is 26.4 Å². The summed E-state index contributed by atoms with van der Waals surface area (Å²) in [6, 6.07) is -0.155. The average Bonchev–Trinajstić information content (AvgIpc) is 2.24. The molecule has 5 nitrogen and oxygen atoms in total. The fourth-order valence-electron chi connectivity index (χ4n) is 1.15. The van der Waals surface area contributed by atoms with Gasteiger partial charge in [0.2, 0.25) is 0 Å². The fourth-order valence-corrected chi connectivity index (χ4v) is 1.15. The number of carbonyl (C=O) groups excluding carboxylic acids is 1. The molecule has 0 aromatic heterocycles. The summed E-state index contributed by atoms with van der Waals surface area (Å²) in [6.45, 7) is 5.67. The monoisotopic (exact) mass is 218 g/mol. The SMILES string of the molecule is CCOCCNC(=O)NC(CC)CCO. The van der Waals surface area contributed by atoms with Crippen molar-refractivity contribution >= 4 is 6.03 Å². The third-order valence-corrected chi connectivity index (χ3v) is 2.04. The fraction of sp³-hybridized carbons (Fsp3) is 0.900. The lowest BCUT2D eigenvalue weighted by atomic mass is 10.2. The lowest BCUT2D eigenvalue weighted by molar-refractivity contribution is 0.149. The zero-order chi connectivity index (χ0) is 11.5. The second-order valence-electron chi connectivity index (χ2n) is 3.21. The van der Waals surface area contributed by atoms with Gasteiger partial charge in [0.25, 0.3) is 0 Å². The number of hydrogen-bond acceptors (Lipinski definition) is 3. The zero-order valence-electron chi connectivity index (χ0n) is 9.58. The second kappa shape index (κ2) is 9.73. The second-order valence-corrected chi connectivity index (χ2v) is 3.21. The van der Waals surface area contributed by atoms with Gasteiger partial charge in [-0.3, -0.25) is 0 Å². The number of aliphatic hydroxyl groups is 1. The minimum absolute atomic E-state index is 0.0436. The number of rotatable bonds is 8. The van der Waals surface area contributed by atoms with Crippen LogP contribution in [-0.2, 0) is 4.74 Å². The van der Waals surface area contributed by atoms with Crippen molar-refractivity contribution in [2.45, 2.75) is 32.7 Å². The van der Waals surface area contributed by atoms with E-state index in [1.54, 1.807) is 0 Å². The molecular weight excluding hydrogens is 196 g/mol. The van der Waals surface area contributed by atoms with E-state index in [1.807, 2.05) is 13.8 Å². The molecule has 2 amide bonds. The minimum Gasteiger partial charge on any atom is -0.396 e. The van der Waals surface area contributed by atoms with Gasteiger partial charge in [0.15, 0.2) is 0 Å². The van der Waals surface area contributed by atoms with Crippen molar-refractivity contribution in [3.05, 3.63) is 0 Å². The molecule has 0 aromatic rings. The van der Waals surface area contributed by atoms with E-state index in [-0.39, 0.29) is 18.7 Å². The van der Waals surface area contributed by atoms with Gasteiger partial charge in [0, 0.05) is 25.8 Å². The van der Waals surface area contributed by atoms with Crippen LogP contribution in [0.2, 0.25) is 0 Å². The van der Waals surface area contributed by atoms with Gasteiger partial charge in [-0.1, -0.05) is 6.92 Å². The summed E-state index contributed by atoms with van der Waals surface area (Å²) in [5.41, 5.74) is 0. The molecule has 15 heavy (non-hydrogen) atoms. The highest BCUT2D eigenvalue weighted by Crippen LogP contribution is 1.95. The van der Waals surface area contributed by atoms with E-state index in [9.17, 15) is 4.79 Å². The van der Waals surface area contributed by atoms with Crippen LogP contribution in [0.15, 0.2) is 0 Å². The number of ether oxygens (including phenoxy) is 1. The smallest absolute Gasteiger partial charge is 0.315 e. The van der Waals surface area contributed by atoms with E-state index in [0.717, 1.165) is 6.42 Å². The Kier molecular flexibility index (Phi) is 9.21. The molecule has 0 rings (SSSR count). The first-order chi connectivity index (χ1) is 7.24. The van der Waals surface area contributed by atoms with Crippen LogP contribution in [0.3, 0.4) is 0 Å². The van der Waals surface area contributed by atoms with Crippen molar-refractivity contribution in [3.8, 4) is 0 Å². The molecule has 0 aliphatic carbocycles. The lowest BCUT2D eigenvalue weighted by Crippen LogP contribution is -2.43. The van der Waals surface area contributed by atoms with Crippen LogP contribution in [0.4, 0.5) is 4.79 Å². The summed E-state index contributed by atoms with van der Waals surface area (Å²) in [7, 11) is 0. The molecule has 90 valence electrons. The van der Waals surface area contributed by atoms with Gasteiger partial charge in [0.1, 0.15) is 0 Å². The Bertz CT molecular complexity index is 165. The highest BCUT2D eigenvalue weighted by Gasteiger charge is 2.08. The van der Waals surface area contributed by atoms with Gasteiger partial charge >= 0.3 is 6.03 Å². The van der Waals surface area contributed by atoms with E-state index in [1.165, 1.54) is 0 Å². The van der Waals surface area contributed by atoms with Gasteiger partial charge in [-0.15, -0.1) is 0 Å². The molecule has 0 radical (unpaired) electrons. The average molecular weight is 218 g/mol. The van der Waals surface area contributed by atoms with E-state index >= 15 is 0 Å².